The molecule has 188 valence electrons. The van der Waals surface area contributed by atoms with Crippen molar-refractivity contribution < 1.29 is 14.6 Å². The second kappa shape index (κ2) is 9.90. The van der Waals surface area contributed by atoms with Crippen molar-refractivity contribution in [2.45, 2.75) is 37.9 Å². The highest BCUT2D eigenvalue weighted by atomic mass is 35.5. The number of fused-ring (bicyclic) bond motifs is 2. The van der Waals surface area contributed by atoms with E-state index in [1.165, 1.54) is 4.90 Å². The van der Waals surface area contributed by atoms with Crippen LogP contribution >= 0.6 is 11.6 Å². The number of halogens is 1. The molecule has 0 spiro atoms. The molecule has 3 aliphatic heterocycles. The number of hydrogen-bond acceptors (Lipinski definition) is 9. The van der Waals surface area contributed by atoms with Gasteiger partial charge in [0.05, 0.1) is 5.69 Å². The third kappa shape index (κ3) is 5.01. The zero-order valence-corrected chi connectivity index (χ0v) is 20.5. The number of nitrogens with zero attached hydrogens (tertiary/aromatic N) is 7. The molecule has 2 aromatic rings. The van der Waals surface area contributed by atoms with Crippen LogP contribution in [-0.4, -0.2) is 100 Å². The van der Waals surface area contributed by atoms with E-state index in [1.54, 1.807) is 12.3 Å². The number of hydrogen-bond donors (Lipinski definition) is 2. The highest BCUT2D eigenvalue weighted by molar-refractivity contribution is 6.29. The number of aromatic nitrogens is 3. The molecule has 2 bridgehead atoms. The number of piperazine rings is 2. The molecular formula is C23H31ClN8O3. The lowest BCUT2D eigenvalue weighted by Gasteiger charge is -2.43. The first-order valence-electron chi connectivity index (χ1n) is 12.0. The summed E-state index contributed by atoms with van der Waals surface area (Å²) in [7, 11) is 0. The Morgan fingerprint density at radius 1 is 1.20 bits per heavy atom. The van der Waals surface area contributed by atoms with Crippen molar-refractivity contribution >= 4 is 34.9 Å². The van der Waals surface area contributed by atoms with Gasteiger partial charge in [-0.05, 0) is 25.8 Å². The first kappa shape index (κ1) is 23.7. The van der Waals surface area contributed by atoms with Gasteiger partial charge in [0.2, 0.25) is 5.88 Å². The van der Waals surface area contributed by atoms with Crippen LogP contribution in [0.15, 0.2) is 24.4 Å². The molecule has 3 saturated heterocycles. The van der Waals surface area contributed by atoms with Gasteiger partial charge in [0, 0.05) is 81.4 Å². The van der Waals surface area contributed by atoms with E-state index in [9.17, 15) is 9.90 Å². The maximum Gasteiger partial charge on any atom is 0.407 e. The van der Waals surface area contributed by atoms with E-state index in [2.05, 4.69) is 29.9 Å². The average molecular weight is 503 g/mol. The highest BCUT2D eigenvalue weighted by Crippen LogP contribution is 2.38. The second-order valence-corrected chi connectivity index (χ2v) is 9.84. The van der Waals surface area contributed by atoms with Gasteiger partial charge < -0.3 is 30.3 Å². The summed E-state index contributed by atoms with van der Waals surface area (Å²) in [6.07, 6.45) is 3.15. The van der Waals surface area contributed by atoms with Gasteiger partial charge in [0.25, 0.3) is 0 Å². The molecule has 0 aromatic carbocycles. The minimum atomic E-state index is -0.853. The first-order valence-corrected chi connectivity index (χ1v) is 12.4. The number of nitrogens with two attached hydrogens (primary N) is 1. The minimum Gasteiger partial charge on any atom is -0.476 e. The van der Waals surface area contributed by atoms with E-state index in [0.29, 0.717) is 55.2 Å². The lowest BCUT2D eigenvalue weighted by molar-refractivity contribution is 0.0668. The van der Waals surface area contributed by atoms with Gasteiger partial charge in [-0.2, -0.15) is 0 Å². The largest absolute Gasteiger partial charge is 0.476 e. The van der Waals surface area contributed by atoms with E-state index in [4.69, 9.17) is 22.1 Å². The fourth-order valence-corrected chi connectivity index (χ4v) is 5.69. The van der Waals surface area contributed by atoms with Crippen LogP contribution in [-0.2, 0) is 0 Å². The van der Waals surface area contributed by atoms with Crippen LogP contribution in [0.3, 0.4) is 0 Å². The van der Waals surface area contributed by atoms with Gasteiger partial charge >= 0.3 is 6.09 Å². The Balaban J connectivity index is 1.19. The van der Waals surface area contributed by atoms with E-state index in [1.807, 2.05) is 19.1 Å². The van der Waals surface area contributed by atoms with Crippen LogP contribution in [0.5, 0.6) is 5.88 Å². The summed E-state index contributed by atoms with van der Waals surface area (Å²) in [5, 5.41) is 17.3. The maximum atomic E-state index is 11.2. The van der Waals surface area contributed by atoms with Crippen LogP contribution < -0.4 is 20.3 Å². The lowest BCUT2D eigenvalue weighted by atomic mass is 10.1. The summed E-state index contributed by atoms with van der Waals surface area (Å²) < 4.78 is 6.01. The molecule has 3 fully saturated rings. The molecule has 1 amide bonds. The number of amides is 1. The monoisotopic (exact) mass is 502 g/mol. The van der Waals surface area contributed by atoms with E-state index < -0.39 is 6.09 Å². The molecule has 3 unspecified atom stereocenters. The summed E-state index contributed by atoms with van der Waals surface area (Å²) in [5.41, 5.74) is 8.04. The van der Waals surface area contributed by atoms with E-state index in [-0.39, 0.29) is 6.04 Å². The Hall–Kier alpha value is -3.05. The Morgan fingerprint density at radius 3 is 2.69 bits per heavy atom. The predicted molar refractivity (Wildman–Crippen MR) is 133 cm³/mol. The Morgan fingerprint density at radius 2 is 1.97 bits per heavy atom. The van der Waals surface area contributed by atoms with Crippen LogP contribution in [0.4, 0.5) is 22.0 Å². The molecule has 12 heteroatoms. The third-order valence-corrected chi connectivity index (χ3v) is 7.46. The number of ether oxygens (including phenoxy) is 1. The van der Waals surface area contributed by atoms with Gasteiger partial charge in [-0.15, -0.1) is 10.2 Å². The molecule has 3 aliphatic rings. The molecule has 35 heavy (non-hydrogen) atoms. The SMILES string of the molecule is CC1CN(C(=O)O)CCN1CCOc1cc(N2C3CCC2CN(c2cc(Cl)nnc2N)C3)ccn1. The molecule has 11 nitrogen and oxygen atoms in total. The fraction of sp³-hybridized carbons (Fsp3) is 0.565. The molecule has 5 rings (SSSR count). The normalized spacial score (nSPS) is 24.6. The van der Waals surface area contributed by atoms with Gasteiger partial charge in [0.15, 0.2) is 11.0 Å². The fourth-order valence-electron chi connectivity index (χ4n) is 5.55. The van der Waals surface area contributed by atoms with Crippen molar-refractivity contribution in [3.8, 4) is 5.88 Å². The molecule has 3 N–H and O–H groups in total. The Kier molecular flexibility index (Phi) is 6.70. The van der Waals surface area contributed by atoms with Crippen molar-refractivity contribution in [3.05, 3.63) is 29.5 Å². The summed E-state index contributed by atoms with van der Waals surface area (Å²) in [5.74, 6) is 1.01. The number of nitrogen functional groups attached to an aromatic ring is 1. The smallest absolute Gasteiger partial charge is 0.407 e. The van der Waals surface area contributed by atoms with Gasteiger partial charge in [-0.25, -0.2) is 9.78 Å². The molecule has 0 radical (unpaired) electrons. The summed E-state index contributed by atoms with van der Waals surface area (Å²) in [4.78, 5) is 24.1. The summed E-state index contributed by atoms with van der Waals surface area (Å²) >= 11 is 6.07. The van der Waals surface area contributed by atoms with Gasteiger partial charge in [-0.3, -0.25) is 4.90 Å². The van der Waals surface area contributed by atoms with Crippen LogP contribution in [0.1, 0.15) is 19.8 Å². The highest BCUT2D eigenvalue weighted by Gasteiger charge is 2.40. The quantitative estimate of drug-likeness (QED) is 0.606. The minimum absolute atomic E-state index is 0.161. The van der Waals surface area contributed by atoms with Crippen molar-refractivity contribution in [2.24, 2.45) is 0 Å². The summed E-state index contributed by atoms with van der Waals surface area (Å²) in [6, 6.07) is 6.71. The summed E-state index contributed by atoms with van der Waals surface area (Å²) in [6.45, 7) is 6.70. The second-order valence-electron chi connectivity index (χ2n) is 9.45. The standard InChI is InChI=1S/C23H31ClN8O3/c1-15-12-30(23(33)34)7-6-29(15)8-9-35-21-10-16(4-5-26-21)32-17-2-3-18(32)14-31(13-17)19-11-20(24)27-28-22(19)25/h4-5,10-11,15,17-18H,2-3,6-9,12-14H2,1H3,(H2,25,28)(H,33,34). The predicted octanol–water partition coefficient (Wildman–Crippen LogP) is 2.03. The zero-order chi connectivity index (χ0) is 24.5. The number of anilines is 3. The van der Waals surface area contributed by atoms with Crippen molar-refractivity contribution in [1.82, 2.24) is 25.0 Å². The number of pyridine rings is 1. The number of rotatable bonds is 6. The van der Waals surface area contributed by atoms with Crippen LogP contribution in [0.2, 0.25) is 5.15 Å². The van der Waals surface area contributed by atoms with Crippen molar-refractivity contribution in [2.75, 3.05) is 61.4 Å². The van der Waals surface area contributed by atoms with Crippen LogP contribution in [0.25, 0.3) is 0 Å². The van der Waals surface area contributed by atoms with E-state index in [0.717, 1.165) is 43.9 Å². The zero-order valence-electron chi connectivity index (χ0n) is 19.8. The molecule has 0 saturated carbocycles. The van der Waals surface area contributed by atoms with Crippen LogP contribution in [0, 0.1) is 0 Å². The lowest BCUT2D eigenvalue weighted by Crippen LogP contribution is -2.54. The Labute approximate surface area is 209 Å². The number of carbonyl (C=O) groups is 1. The third-order valence-electron chi connectivity index (χ3n) is 7.28. The molecule has 2 aromatic heterocycles. The number of carboxylic acid groups (broad SMARTS) is 1. The maximum absolute atomic E-state index is 11.2. The van der Waals surface area contributed by atoms with E-state index >= 15 is 0 Å². The average Bonchev–Trinajstić information content (AvgIpc) is 3.11. The van der Waals surface area contributed by atoms with Gasteiger partial charge in [0.1, 0.15) is 6.61 Å². The molecule has 3 atom stereocenters. The van der Waals surface area contributed by atoms with Crippen molar-refractivity contribution in [3.63, 3.8) is 0 Å². The van der Waals surface area contributed by atoms with Gasteiger partial charge in [-0.1, -0.05) is 11.6 Å². The Bertz CT molecular complexity index is 1060. The topological polar surface area (TPSA) is 124 Å². The molecular weight excluding hydrogens is 472 g/mol. The van der Waals surface area contributed by atoms with Crippen molar-refractivity contribution in [1.29, 1.82) is 0 Å². The molecule has 0 aliphatic carbocycles. The first-order chi connectivity index (χ1) is 16.9. The molecule has 5 heterocycles.